The van der Waals surface area contributed by atoms with E-state index < -0.39 is 45.8 Å². The molecular weight excluding hydrogens is 601 g/mol. The fourth-order valence-electron chi connectivity index (χ4n) is 5.06. The third-order valence-electron chi connectivity index (χ3n) is 7.73. The van der Waals surface area contributed by atoms with Crippen molar-refractivity contribution in [3.05, 3.63) is 131 Å². The molecule has 46 heavy (non-hydrogen) atoms. The number of halogens is 1. The maximum Gasteiger partial charge on any atom is 0.264 e. The fraction of sp³-hybridized carbons (Fsp3) is 0.297. The van der Waals surface area contributed by atoms with Crippen molar-refractivity contribution in [1.29, 1.82) is 0 Å². The van der Waals surface area contributed by atoms with Gasteiger partial charge in [0.2, 0.25) is 11.8 Å². The zero-order valence-electron chi connectivity index (χ0n) is 27.2. The number of carbonyl (C=O) groups excluding carboxylic acids is 2. The topological polar surface area (TPSA) is 86.8 Å². The molecule has 1 N–H and O–H groups in total. The second kappa shape index (κ2) is 14.3. The first-order valence-electron chi connectivity index (χ1n) is 15.2. The molecule has 7 nitrogen and oxygen atoms in total. The number of carbonyl (C=O) groups is 2. The molecule has 1 atom stereocenters. The second-order valence-electron chi connectivity index (χ2n) is 12.7. The van der Waals surface area contributed by atoms with Crippen LogP contribution >= 0.6 is 0 Å². The Morgan fingerprint density at radius 1 is 0.826 bits per heavy atom. The molecule has 242 valence electrons. The van der Waals surface area contributed by atoms with Crippen molar-refractivity contribution in [2.75, 3.05) is 10.8 Å². The molecule has 0 spiro atoms. The van der Waals surface area contributed by atoms with E-state index in [0.29, 0.717) is 5.69 Å². The van der Waals surface area contributed by atoms with Crippen LogP contribution in [-0.4, -0.2) is 43.3 Å². The lowest BCUT2D eigenvalue weighted by Crippen LogP contribution is -2.56. The van der Waals surface area contributed by atoms with E-state index in [1.165, 1.54) is 23.1 Å². The van der Waals surface area contributed by atoms with E-state index in [2.05, 4.69) is 5.32 Å². The van der Waals surface area contributed by atoms with Gasteiger partial charge < -0.3 is 10.2 Å². The van der Waals surface area contributed by atoms with Crippen molar-refractivity contribution in [3.63, 3.8) is 0 Å². The van der Waals surface area contributed by atoms with Crippen LogP contribution in [0.5, 0.6) is 0 Å². The van der Waals surface area contributed by atoms with Crippen molar-refractivity contribution in [2.45, 2.75) is 71.0 Å². The Hall–Kier alpha value is -4.50. The van der Waals surface area contributed by atoms with Crippen LogP contribution in [0.1, 0.15) is 48.6 Å². The Kier molecular flexibility index (Phi) is 10.7. The van der Waals surface area contributed by atoms with Crippen LogP contribution in [0.25, 0.3) is 0 Å². The average molecular weight is 644 g/mol. The Bertz CT molecular complexity index is 1790. The summed E-state index contributed by atoms with van der Waals surface area (Å²) in [4.78, 5) is 29.8. The van der Waals surface area contributed by atoms with Crippen LogP contribution in [0, 0.1) is 26.6 Å². The summed E-state index contributed by atoms with van der Waals surface area (Å²) < 4.78 is 44.6. The lowest BCUT2D eigenvalue weighted by atomic mass is 10.0. The number of rotatable bonds is 11. The summed E-state index contributed by atoms with van der Waals surface area (Å²) in [6.07, 6.45) is 0.136. The van der Waals surface area contributed by atoms with Crippen molar-refractivity contribution in [3.8, 4) is 0 Å². The fourth-order valence-corrected chi connectivity index (χ4v) is 6.47. The van der Waals surface area contributed by atoms with Gasteiger partial charge in [-0.05, 0) is 88.6 Å². The van der Waals surface area contributed by atoms with Crippen molar-refractivity contribution in [2.24, 2.45) is 0 Å². The monoisotopic (exact) mass is 643 g/mol. The highest BCUT2D eigenvalue weighted by Gasteiger charge is 2.36. The number of hydrogen-bond acceptors (Lipinski definition) is 4. The predicted octanol–water partition coefficient (Wildman–Crippen LogP) is 6.50. The summed E-state index contributed by atoms with van der Waals surface area (Å²) in [7, 11) is -4.23. The molecule has 0 saturated carbocycles. The first-order chi connectivity index (χ1) is 21.7. The molecule has 9 heteroatoms. The number of benzene rings is 4. The van der Waals surface area contributed by atoms with Crippen LogP contribution < -0.4 is 9.62 Å². The molecular formula is C37H42FN3O4S. The van der Waals surface area contributed by atoms with Crippen molar-refractivity contribution < 1.29 is 22.4 Å². The average Bonchev–Trinajstić information content (AvgIpc) is 2.99. The largest absolute Gasteiger partial charge is 0.350 e. The lowest BCUT2D eigenvalue weighted by Gasteiger charge is -2.35. The molecule has 4 aromatic carbocycles. The predicted molar refractivity (Wildman–Crippen MR) is 180 cm³/mol. The summed E-state index contributed by atoms with van der Waals surface area (Å²) in [5.41, 5.74) is 3.38. The molecule has 2 amide bonds. The summed E-state index contributed by atoms with van der Waals surface area (Å²) in [6.45, 7) is 10.3. The van der Waals surface area contributed by atoms with Gasteiger partial charge in [-0.1, -0.05) is 72.3 Å². The molecule has 0 aliphatic carbocycles. The SMILES string of the molecule is Cc1ccc(S(=O)(=O)N(CC(=O)N(Cc2ccccc2F)[C@@H](Cc2ccccc2)C(=O)NC(C)(C)C)c2ccc(C)c(C)c2)cc1. The van der Waals surface area contributed by atoms with Gasteiger partial charge in [0.25, 0.3) is 10.0 Å². The van der Waals surface area contributed by atoms with Gasteiger partial charge in [-0.2, -0.15) is 0 Å². The minimum Gasteiger partial charge on any atom is -0.350 e. The summed E-state index contributed by atoms with van der Waals surface area (Å²) in [5.74, 6) is -1.62. The van der Waals surface area contributed by atoms with Gasteiger partial charge in [-0.3, -0.25) is 13.9 Å². The highest BCUT2D eigenvalue weighted by Crippen LogP contribution is 2.27. The summed E-state index contributed by atoms with van der Waals surface area (Å²) in [5, 5.41) is 2.98. The van der Waals surface area contributed by atoms with Gasteiger partial charge in [0.05, 0.1) is 10.6 Å². The van der Waals surface area contributed by atoms with Gasteiger partial charge >= 0.3 is 0 Å². The van der Waals surface area contributed by atoms with Crippen LogP contribution in [0.2, 0.25) is 0 Å². The molecule has 0 heterocycles. The number of nitrogens with zero attached hydrogens (tertiary/aromatic N) is 2. The zero-order valence-corrected chi connectivity index (χ0v) is 28.1. The molecule has 0 bridgehead atoms. The van der Waals surface area contributed by atoms with Crippen LogP contribution in [0.4, 0.5) is 10.1 Å². The number of hydrogen-bond donors (Lipinski definition) is 1. The van der Waals surface area contributed by atoms with E-state index in [4.69, 9.17) is 0 Å². The van der Waals surface area contributed by atoms with E-state index in [9.17, 15) is 18.0 Å². The van der Waals surface area contributed by atoms with Gasteiger partial charge in [-0.15, -0.1) is 0 Å². The van der Waals surface area contributed by atoms with E-state index in [1.807, 2.05) is 71.9 Å². The third-order valence-corrected chi connectivity index (χ3v) is 9.52. The van der Waals surface area contributed by atoms with E-state index in [-0.39, 0.29) is 23.4 Å². The number of nitrogens with one attached hydrogen (secondary N) is 1. The molecule has 0 aliphatic heterocycles. The zero-order chi connectivity index (χ0) is 33.6. The molecule has 0 unspecified atom stereocenters. The summed E-state index contributed by atoms with van der Waals surface area (Å²) in [6, 6.07) is 25.8. The Balaban J connectivity index is 1.84. The maximum atomic E-state index is 15.1. The Morgan fingerprint density at radius 2 is 1.46 bits per heavy atom. The molecule has 4 aromatic rings. The normalized spacial score (nSPS) is 12.3. The highest BCUT2D eigenvalue weighted by molar-refractivity contribution is 7.92. The molecule has 0 radical (unpaired) electrons. The van der Waals surface area contributed by atoms with Gasteiger partial charge in [0, 0.05) is 24.1 Å². The number of anilines is 1. The van der Waals surface area contributed by atoms with E-state index in [0.717, 1.165) is 26.6 Å². The van der Waals surface area contributed by atoms with Gasteiger partial charge in [0.1, 0.15) is 18.4 Å². The van der Waals surface area contributed by atoms with Crippen molar-refractivity contribution in [1.82, 2.24) is 10.2 Å². The minimum absolute atomic E-state index is 0.0242. The van der Waals surface area contributed by atoms with Gasteiger partial charge in [0.15, 0.2) is 0 Å². The lowest BCUT2D eigenvalue weighted by molar-refractivity contribution is -0.140. The molecule has 0 fully saturated rings. The number of sulfonamides is 1. The summed E-state index contributed by atoms with van der Waals surface area (Å²) >= 11 is 0. The standard InChI is InChI=1S/C37H42FN3O4S/c1-26-16-20-32(21-17-26)46(44,45)41(31-19-18-27(2)28(3)22-31)25-35(42)40(24-30-14-10-11-15-33(30)38)34(36(43)39-37(4,5)6)23-29-12-8-7-9-13-29/h7-22,34H,23-25H2,1-6H3,(H,39,43)/t34-/m0/s1. The maximum absolute atomic E-state index is 15.1. The van der Waals surface area contributed by atoms with Gasteiger partial charge in [-0.25, -0.2) is 12.8 Å². The highest BCUT2D eigenvalue weighted by atomic mass is 32.2. The smallest absolute Gasteiger partial charge is 0.264 e. The van der Waals surface area contributed by atoms with Crippen LogP contribution in [0.15, 0.2) is 102 Å². The van der Waals surface area contributed by atoms with Crippen LogP contribution in [0.3, 0.4) is 0 Å². The minimum atomic E-state index is -4.23. The second-order valence-corrected chi connectivity index (χ2v) is 14.5. The molecule has 0 aliphatic rings. The molecule has 4 rings (SSSR count). The number of amides is 2. The van der Waals surface area contributed by atoms with Crippen molar-refractivity contribution >= 4 is 27.5 Å². The first kappa shape index (κ1) is 34.4. The third kappa shape index (κ3) is 8.60. The molecule has 0 saturated heterocycles. The first-order valence-corrected chi connectivity index (χ1v) is 16.7. The van der Waals surface area contributed by atoms with E-state index >= 15 is 4.39 Å². The number of aryl methyl sites for hydroxylation is 3. The molecule has 0 aromatic heterocycles. The van der Waals surface area contributed by atoms with E-state index in [1.54, 1.807) is 48.5 Å². The van der Waals surface area contributed by atoms with Crippen LogP contribution in [-0.2, 0) is 32.6 Å². The Morgan fingerprint density at radius 3 is 2.07 bits per heavy atom. The quantitative estimate of drug-likeness (QED) is 0.202. The Labute approximate surface area is 272 Å².